The zero-order valence-corrected chi connectivity index (χ0v) is 13.2. The number of aliphatic hydroxyl groups is 1. The molecular formula is C17H27NO2. The molecule has 20 heavy (non-hydrogen) atoms. The first-order valence-electron chi connectivity index (χ1n) is 7.32. The Hall–Kier alpha value is -1.35. The Morgan fingerprint density at radius 3 is 2.25 bits per heavy atom. The van der Waals surface area contributed by atoms with Crippen molar-refractivity contribution in [3.63, 3.8) is 0 Å². The number of carbonyl (C=O) groups is 1. The lowest BCUT2D eigenvalue weighted by molar-refractivity contribution is -0.125. The van der Waals surface area contributed by atoms with Crippen molar-refractivity contribution in [3.8, 4) is 0 Å². The summed E-state index contributed by atoms with van der Waals surface area (Å²) in [5.74, 6) is -0.0108. The second-order valence-corrected chi connectivity index (χ2v) is 6.44. The zero-order chi connectivity index (χ0) is 15.3. The normalized spacial score (nSPS) is 14.7. The number of hydrogen-bond donors (Lipinski definition) is 2. The van der Waals surface area contributed by atoms with Crippen LogP contribution in [-0.2, 0) is 10.2 Å². The van der Waals surface area contributed by atoms with Crippen LogP contribution >= 0.6 is 0 Å². The van der Waals surface area contributed by atoms with E-state index in [1.165, 1.54) is 5.56 Å². The Balaban J connectivity index is 2.60. The maximum atomic E-state index is 11.7. The van der Waals surface area contributed by atoms with Gasteiger partial charge in [-0.1, -0.05) is 58.9 Å². The molecule has 1 aromatic rings. The predicted molar refractivity (Wildman–Crippen MR) is 82.6 cm³/mol. The van der Waals surface area contributed by atoms with Crippen LogP contribution in [-0.4, -0.2) is 17.6 Å². The van der Waals surface area contributed by atoms with Crippen molar-refractivity contribution >= 4 is 5.91 Å². The van der Waals surface area contributed by atoms with Crippen molar-refractivity contribution in [2.24, 2.45) is 5.92 Å². The molecule has 0 aliphatic heterocycles. The monoisotopic (exact) mass is 277 g/mol. The molecule has 112 valence electrons. The number of carbonyl (C=O) groups excluding carboxylic acids is 1. The standard InChI is InChI=1S/C17H27NO2/c1-6-12(2)16(20)18-11-15(19)13-7-9-14(10-8-13)17(3,4)5/h7-10,12,15,19H,6,11H2,1-5H3,(H,18,20). The second-order valence-electron chi connectivity index (χ2n) is 6.44. The predicted octanol–water partition coefficient (Wildman–Crippen LogP) is 3.18. The van der Waals surface area contributed by atoms with Gasteiger partial charge in [-0.05, 0) is 23.0 Å². The minimum atomic E-state index is -0.656. The number of hydrogen-bond acceptors (Lipinski definition) is 2. The van der Waals surface area contributed by atoms with E-state index >= 15 is 0 Å². The Kier molecular flexibility index (Phi) is 5.75. The largest absolute Gasteiger partial charge is 0.387 e. The molecule has 0 aliphatic carbocycles. The summed E-state index contributed by atoms with van der Waals surface area (Å²) >= 11 is 0. The minimum absolute atomic E-state index is 0.00198. The van der Waals surface area contributed by atoms with Crippen molar-refractivity contribution < 1.29 is 9.90 Å². The smallest absolute Gasteiger partial charge is 0.222 e. The van der Waals surface area contributed by atoms with E-state index in [9.17, 15) is 9.90 Å². The lowest BCUT2D eigenvalue weighted by Crippen LogP contribution is -2.32. The molecule has 0 heterocycles. The van der Waals surface area contributed by atoms with E-state index in [1.54, 1.807) is 0 Å². The summed E-state index contributed by atoms with van der Waals surface area (Å²) in [7, 11) is 0. The van der Waals surface area contributed by atoms with Crippen LogP contribution in [0.1, 0.15) is 58.3 Å². The van der Waals surface area contributed by atoms with Crippen molar-refractivity contribution in [2.75, 3.05) is 6.54 Å². The molecule has 0 spiro atoms. The quantitative estimate of drug-likeness (QED) is 0.868. The van der Waals surface area contributed by atoms with E-state index in [2.05, 4.69) is 26.1 Å². The van der Waals surface area contributed by atoms with Crippen LogP contribution < -0.4 is 5.32 Å². The average molecular weight is 277 g/mol. The van der Waals surface area contributed by atoms with Gasteiger partial charge in [-0.3, -0.25) is 4.79 Å². The lowest BCUT2D eigenvalue weighted by atomic mass is 9.86. The van der Waals surface area contributed by atoms with Gasteiger partial charge in [0, 0.05) is 12.5 Å². The van der Waals surface area contributed by atoms with Gasteiger partial charge in [-0.2, -0.15) is 0 Å². The van der Waals surface area contributed by atoms with Gasteiger partial charge in [0.25, 0.3) is 0 Å². The van der Waals surface area contributed by atoms with E-state index in [1.807, 2.05) is 38.1 Å². The van der Waals surface area contributed by atoms with E-state index in [-0.39, 0.29) is 23.8 Å². The van der Waals surface area contributed by atoms with Crippen molar-refractivity contribution in [1.29, 1.82) is 0 Å². The molecule has 1 rings (SSSR count). The van der Waals surface area contributed by atoms with Gasteiger partial charge >= 0.3 is 0 Å². The molecule has 2 unspecified atom stereocenters. The Bertz CT molecular complexity index is 431. The fraction of sp³-hybridized carbons (Fsp3) is 0.588. The maximum Gasteiger partial charge on any atom is 0.222 e. The SMILES string of the molecule is CCC(C)C(=O)NCC(O)c1ccc(C(C)(C)C)cc1. The average Bonchev–Trinajstić information content (AvgIpc) is 2.42. The molecule has 0 radical (unpaired) electrons. The third-order valence-corrected chi connectivity index (χ3v) is 3.69. The summed E-state index contributed by atoms with van der Waals surface area (Å²) < 4.78 is 0. The highest BCUT2D eigenvalue weighted by atomic mass is 16.3. The number of benzene rings is 1. The molecule has 2 atom stereocenters. The lowest BCUT2D eigenvalue weighted by Gasteiger charge is -2.20. The van der Waals surface area contributed by atoms with E-state index in [0.29, 0.717) is 0 Å². The third-order valence-electron chi connectivity index (χ3n) is 3.69. The summed E-state index contributed by atoms with van der Waals surface area (Å²) in [5, 5.41) is 12.9. The molecule has 0 saturated heterocycles. The Labute approximate surface area is 122 Å². The first-order chi connectivity index (χ1) is 9.25. The van der Waals surface area contributed by atoms with Gasteiger partial charge < -0.3 is 10.4 Å². The number of amides is 1. The van der Waals surface area contributed by atoms with Crippen LogP contribution in [0.15, 0.2) is 24.3 Å². The molecule has 3 nitrogen and oxygen atoms in total. The second kappa shape index (κ2) is 6.89. The molecule has 1 amide bonds. The van der Waals surface area contributed by atoms with Crippen LogP contribution in [0.5, 0.6) is 0 Å². The fourth-order valence-corrected chi connectivity index (χ4v) is 1.88. The molecule has 0 aliphatic rings. The highest BCUT2D eigenvalue weighted by molar-refractivity contribution is 5.78. The highest BCUT2D eigenvalue weighted by Crippen LogP contribution is 2.23. The van der Waals surface area contributed by atoms with Gasteiger partial charge in [-0.15, -0.1) is 0 Å². The Morgan fingerprint density at radius 2 is 1.80 bits per heavy atom. The van der Waals surface area contributed by atoms with Crippen LogP contribution in [0.3, 0.4) is 0 Å². The van der Waals surface area contributed by atoms with Crippen molar-refractivity contribution in [2.45, 2.75) is 52.6 Å². The van der Waals surface area contributed by atoms with Gasteiger partial charge in [0.1, 0.15) is 0 Å². The van der Waals surface area contributed by atoms with Crippen molar-refractivity contribution in [1.82, 2.24) is 5.32 Å². The molecule has 0 aromatic heterocycles. The molecule has 3 heteroatoms. The van der Waals surface area contributed by atoms with E-state index in [0.717, 1.165) is 12.0 Å². The van der Waals surface area contributed by atoms with Crippen LogP contribution in [0, 0.1) is 5.92 Å². The summed E-state index contributed by atoms with van der Waals surface area (Å²) in [6.45, 7) is 10.6. The third kappa shape index (κ3) is 4.64. The summed E-state index contributed by atoms with van der Waals surface area (Å²) in [6.07, 6.45) is 0.152. The van der Waals surface area contributed by atoms with Crippen LogP contribution in [0.2, 0.25) is 0 Å². The zero-order valence-electron chi connectivity index (χ0n) is 13.2. The maximum absolute atomic E-state index is 11.7. The van der Waals surface area contributed by atoms with Gasteiger partial charge in [0.2, 0.25) is 5.91 Å². The van der Waals surface area contributed by atoms with E-state index < -0.39 is 6.10 Å². The number of nitrogens with one attached hydrogen (secondary N) is 1. The molecule has 1 aromatic carbocycles. The molecule has 2 N–H and O–H groups in total. The topological polar surface area (TPSA) is 49.3 Å². The fourth-order valence-electron chi connectivity index (χ4n) is 1.88. The Morgan fingerprint density at radius 1 is 1.25 bits per heavy atom. The minimum Gasteiger partial charge on any atom is -0.387 e. The summed E-state index contributed by atoms with van der Waals surface area (Å²) in [5.41, 5.74) is 2.17. The van der Waals surface area contributed by atoms with Crippen LogP contribution in [0.4, 0.5) is 0 Å². The first-order valence-corrected chi connectivity index (χ1v) is 7.32. The molecule has 0 bridgehead atoms. The number of rotatable bonds is 5. The highest BCUT2D eigenvalue weighted by Gasteiger charge is 2.16. The molecular weight excluding hydrogens is 250 g/mol. The van der Waals surface area contributed by atoms with Gasteiger partial charge in [0.15, 0.2) is 0 Å². The van der Waals surface area contributed by atoms with Gasteiger partial charge in [0.05, 0.1) is 6.10 Å². The van der Waals surface area contributed by atoms with Gasteiger partial charge in [-0.25, -0.2) is 0 Å². The van der Waals surface area contributed by atoms with E-state index in [4.69, 9.17) is 0 Å². The van der Waals surface area contributed by atoms with Crippen molar-refractivity contribution in [3.05, 3.63) is 35.4 Å². The first kappa shape index (κ1) is 16.7. The molecule has 0 fully saturated rings. The summed E-state index contributed by atoms with van der Waals surface area (Å²) in [6, 6.07) is 7.94. The summed E-state index contributed by atoms with van der Waals surface area (Å²) in [4.78, 5) is 11.7. The number of aliphatic hydroxyl groups excluding tert-OH is 1. The van der Waals surface area contributed by atoms with Crippen LogP contribution in [0.25, 0.3) is 0 Å². The molecule has 0 saturated carbocycles.